The maximum absolute atomic E-state index is 12.5. The van der Waals surface area contributed by atoms with Crippen molar-refractivity contribution in [1.29, 1.82) is 0 Å². The van der Waals surface area contributed by atoms with Gasteiger partial charge in [0.25, 0.3) is 0 Å². The highest BCUT2D eigenvalue weighted by atomic mass is 16.5. The van der Waals surface area contributed by atoms with Gasteiger partial charge in [0, 0.05) is 18.2 Å². The Bertz CT molecular complexity index is 846. The van der Waals surface area contributed by atoms with E-state index in [1.54, 1.807) is 42.5 Å². The van der Waals surface area contributed by atoms with E-state index >= 15 is 0 Å². The molecule has 0 bridgehead atoms. The van der Waals surface area contributed by atoms with Crippen molar-refractivity contribution in [2.45, 2.75) is 33.8 Å². The third-order valence-corrected chi connectivity index (χ3v) is 3.75. The van der Waals surface area contributed by atoms with Crippen LogP contribution >= 0.6 is 0 Å². The Morgan fingerprint density at radius 2 is 1.74 bits per heavy atom. The minimum Gasteiger partial charge on any atom is -0.489 e. The number of carbonyl (C=O) groups excluding carboxylic acids is 3. The molecule has 2 aromatic rings. The van der Waals surface area contributed by atoms with E-state index in [0.717, 1.165) is 0 Å². The molecule has 27 heavy (non-hydrogen) atoms. The Labute approximate surface area is 159 Å². The van der Waals surface area contributed by atoms with E-state index in [1.807, 2.05) is 19.9 Å². The van der Waals surface area contributed by atoms with Gasteiger partial charge in [0.05, 0.1) is 11.8 Å². The highest BCUT2D eigenvalue weighted by molar-refractivity contribution is 6.03. The van der Waals surface area contributed by atoms with Crippen molar-refractivity contribution < 1.29 is 19.1 Å². The Hall–Kier alpha value is -3.15. The lowest BCUT2D eigenvalue weighted by Crippen LogP contribution is -2.37. The van der Waals surface area contributed by atoms with Crippen molar-refractivity contribution in [3.63, 3.8) is 0 Å². The normalized spacial score (nSPS) is 10.4. The van der Waals surface area contributed by atoms with Crippen molar-refractivity contribution in [2.75, 3.05) is 16.8 Å². The minimum absolute atomic E-state index is 0.0666. The number of para-hydroxylation sites is 2. The van der Waals surface area contributed by atoms with Gasteiger partial charge < -0.3 is 10.1 Å². The number of rotatable bonds is 7. The second-order valence-electron chi connectivity index (χ2n) is 6.42. The van der Waals surface area contributed by atoms with Crippen LogP contribution in [0.15, 0.2) is 48.5 Å². The van der Waals surface area contributed by atoms with Crippen LogP contribution in [0, 0.1) is 0 Å². The van der Waals surface area contributed by atoms with Gasteiger partial charge >= 0.3 is 0 Å². The van der Waals surface area contributed by atoms with E-state index in [-0.39, 0.29) is 30.2 Å². The van der Waals surface area contributed by atoms with Crippen LogP contribution in [-0.4, -0.2) is 30.2 Å². The predicted octanol–water partition coefficient (Wildman–Crippen LogP) is 3.67. The molecule has 2 aromatic carbocycles. The number of carbonyl (C=O) groups is 3. The first kappa shape index (κ1) is 20.2. The second kappa shape index (κ2) is 8.98. The van der Waals surface area contributed by atoms with Gasteiger partial charge in [-0.15, -0.1) is 0 Å². The van der Waals surface area contributed by atoms with Crippen molar-refractivity contribution in [1.82, 2.24) is 0 Å². The number of benzene rings is 2. The highest BCUT2D eigenvalue weighted by Crippen LogP contribution is 2.29. The average molecular weight is 368 g/mol. The molecule has 0 unspecified atom stereocenters. The number of Topliss-reactive ketones (excluding diaryl/α,β-unsaturated/α-hetero) is 1. The molecule has 0 fully saturated rings. The third-order valence-electron chi connectivity index (χ3n) is 3.75. The summed E-state index contributed by atoms with van der Waals surface area (Å²) in [5, 5.41) is 2.73. The number of ketones is 1. The number of amides is 2. The monoisotopic (exact) mass is 368 g/mol. The molecule has 2 amide bonds. The van der Waals surface area contributed by atoms with Crippen molar-refractivity contribution in [2.24, 2.45) is 0 Å². The molecule has 0 saturated heterocycles. The molecule has 1 N–H and O–H groups in total. The predicted molar refractivity (Wildman–Crippen MR) is 105 cm³/mol. The Kier molecular flexibility index (Phi) is 6.71. The first-order valence-electron chi connectivity index (χ1n) is 8.72. The molecule has 0 aliphatic carbocycles. The van der Waals surface area contributed by atoms with Crippen molar-refractivity contribution in [3.8, 4) is 5.75 Å². The summed E-state index contributed by atoms with van der Waals surface area (Å²) in [6.07, 6.45) is -0.0666. The molecule has 142 valence electrons. The summed E-state index contributed by atoms with van der Waals surface area (Å²) in [6, 6.07) is 13.8. The van der Waals surface area contributed by atoms with Crippen LogP contribution in [0.25, 0.3) is 0 Å². The molecule has 0 aliphatic rings. The van der Waals surface area contributed by atoms with E-state index in [4.69, 9.17) is 4.74 Å². The quantitative estimate of drug-likeness (QED) is 0.757. The van der Waals surface area contributed by atoms with Crippen LogP contribution in [0.5, 0.6) is 5.75 Å². The summed E-state index contributed by atoms with van der Waals surface area (Å²) < 4.78 is 5.76. The topological polar surface area (TPSA) is 75.7 Å². The first-order valence-corrected chi connectivity index (χ1v) is 8.72. The van der Waals surface area contributed by atoms with E-state index in [9.17, 15) is 14.4 Å². The number of nitrogens with zero attached hydrogens (tertiary/aromatic N) is 1. The molecule has 2 rings (SSSR count). The number of anilines is 2. The molecule has 0 heterocycles. The van der Waals surface area contributed by atoms with Gasteiger partial charge in [-0.05, 0) is 45.0 Å². The van der Waals surface area contributed by atoms with E-state index in [2.05, 4.69) is 5.32 Å². The largest absolute Gasteiger partial charge is 0.489 e. The highest BCUT2D eigenvalue weighted by Gasteiger charge is 2.20. The van der Waals surface area contributed by atoms with Gasteiger partial charge in [-0.1, -0.05) is 24.3 Å². The van der Waals surface area contributed by atoms with Crippen LogP contribution in [0.2, 0.25) is 0 Å². The molecule has 0 aliphatic heterocycles. The van der Waals surface area contributed by atoms with Gasteiger partial charge in [0.15, 0.2) is 5.78 Å². The Morgan fingerprint density at radius 1 is 1.04 bits per heavy atom. The number of ether oxygens (including phenoxy) is 1. The van der Waals surface area contributed by atoms with Crippen LogP contribution < -0.4 is 15.0 Å². The smallest absolute Gasteiger partial charge is 0.244 e. The zero-order valence-electron chi connectivity index (χ0n) is 16.0. The molecular formula is C21H24N2O4. The molecule has 0 saturated carbocycles. The number of nitrogens with one attached hydrogen (secondary N) is 1. The van der Waals surface area contributed by atoms with Gasteiger partial charge in [-0.25, -0.2) is 0 Å². The lowest BCUT2D eigenvalue weighted by Gasteiger charge is -2.24. The van der Waals surface area contributed by atoms with Crippen LogP contribution in [0.1, 0.15) is 38.1 Å². The van der Waals surface area contributed by atoms with Crippen LogP contribution in [0.3, 0.4) is 0 Å². The maximum atomic E-state index is 12.5. The fourth-order valence-electron chi connectivity index (χ4n) is 2.56. The summed E-state index contributed by atoms with van der Waals surface area (Å²) in [5.41, 5.74) is 1.54. The number of hydrogen-bond acceptors (Lipinski definition) is 4. The molecular weight excluding hydrogens is 344 g/mol. The molecule has 0 aromatic heterocycles. The Morgan fingerprint density at radius 3 is 2.37 bits per heavy atom. The van der Waals surface area contributed by atoms with Crippen LogP contribution in [-0.2, 0) is 9.59 Å². The molecule has 6 nitrogen and oxygen atoms in total. The van der Waals surface area contributed by atoms with Crippen LogP contribution in [0.4, 0.5) is 11.4 Å². The lowest BCUT2D eigenvalue weighted by atomic mass is 10.1. The summed E-state index contributed by atoms with van der Waals surface area (Å²) in [5.74, 6) is -0.196. The summed E-state index contributed by atoms with van der Waals surface area (Å²) in [4.78, 5) is 37.5. The SMILES string of the molecule is CC(=O)c1cccc(NC(=O)CN(C(C)=O)c2ccccc2OC(C)C)c1. The third kappa shape index (κ3) is 5.67. The second-order valence-corrected chi connectivity index (χ2v) is 6.42. The lowest BCUT2D eigenvalue weighted by molar-refractivity contribution is -0.120. The van der Waals surface area contributed by atoms with Gasteiger partial charge in [-0.2, -0.15) is 0 Å². The zero-order valence-corrected chi connectivity index (χ0v) is 16.0. The standard InChI is InChI=1S/C21H24N2O4/c1-14(2)27-20-11-6-5-10-19(20)23(16(4)25)13-21(26)22-18-9-7-8-17(12-18)15(3)24/h5-12,14H,13H2,1-4H3,(H,22,26). The minimum atomic E-state index is -0.370. The summed E-state index contributed by atoms with van der Waals surface area (Å²) >= 11 is 0. The molecule has 0 atom stereocenters. The number of hydrogen-bond donors (Lipinski definition) is 1. The molecule has 0 spiro atoms. The van der Waals surface area contributed by atoms with Crippen molar-refractivity contribution in [3.05, 3.63) is 54.1 Å². The first-order chi connectivity index (χ1) is 12.8. The van der Waals surface area contributed by atoms with E-state index in [1.165, 1.54) is 18.7 Å². The van der Waals surface area contributed by atoms with E-state index < -0.39 is 0 Å². The average Bonchev–Trinajstić information content (AvgIpc) is 2.60. The Balaban J connectivity index is 2.19. The van der Waals surface area contributed by atoms with E-state index in [0.29, 0.717) is 22.7 Å². The fraction of sp³-hybridized carbons (Fsp3) is 0.286. The van der Waals surface area contributed by atoms with Crippen molar-refractivity contribution >= 4 is 29.0 Å². The van der Waals surface area contributed by atoms with Gasteiger partial charge in [-0.3, -0.25) is 19.3 Å². The van der Waals surface area contributed by atoms with Gasteiger partial charge in [0.2, 0.25) is 11.8 Å². The fourth-order valence-corrected chi connectivity index (χ4v) is 2.56. The molecule has 6 heteroatoms. The summed E-state index contributed by atoms with van der Waals surface area (Å²) in [7, 11) is 0. The maximum Gasteiger partial charge on any atom is 0.244 e. The zero-order chi connectivity index (χ0) is 20.0. The molecule has 0 radical (unpaired) electrons. The summed E-state index contributed by atoms with van der Waals surface area (Å²) in [6.45, 7) is 6.48. The van der Waals surface area contributed by atoms with Gasteiger partial charge in [0.1, 0.15) is 12.3 Å².